The first-order chi connectivity index (χ1) is 16.5. The Morgan fingerprint density at radius 2 is 2.06 bits per heavy atom. The second-order valence-corrected chi connectivity index (χ2v) is 8.38. The standard InChI is InChI=1S/C24H22F2N8/c1-16(21(11-34-15-28-14-30-34)20-5-3-18(25)8-22(20)26)32-6-7-33-12-23(31-24(33)13-32)17-2-4-19(9-27)29-10-17/h2-5,8,10,12,14-16,21H,6-7,11,13H2,1H3. The molecule has 4 aromatic rings. The molecule has 0 N–H and O–H groups in total. The highest BCUT2D eigenvalue weighted by Crippen LogP contribution is 2.31. The van der Waals surface area contributed by atoms with E-state index in [4.69, 9.17) is 10.2 Å². The average molecular weight is 460 g/mol. The first-order valence-electron chi connectivity index (χ1n) is 11.0. The maximum Gasteiger partial charge on any atom is 0.140 e. The Bertz CT molecular complexity index is 1320. The molecular weight excluding hydrogens is 438 g/mol. The fourth-order valence-corrected chi connectivity index (χ4v) is 4.47. The van der Waals surface area contributed by atoms with E-state index in [1.807, 2.05) is 18.3 Å². The van der Waals surface area contributed by atoms with Gasteiger partial charge in [-0.15, -0.1) is 0 Å². The summed E-state index contributed by atoms with van der Waals surface area (Å²) in [7, 11) is 0. The van der Waals surface area contributed by atoms with Gasteiger partial charge in [0.2, 0.25) is 0 Å². The van der Waals surface area contributed by atoms with Crippen LogP contribution in [-0.2, 0) is 19.6 Å². The Morgan fingerprint density at radius 3 is 2.76 bits per heavy atom. The molecule has 8 nitrogen and oxygen atoms in total. The first-order valence-corrected chi connectivity index (χ1v) is 11.0. The van der Waals surface area contributed by atoms with E-state index < -0.39 is 11.6 Å². The van der Waals surface area contributed by atoms with Crippen LogP contribution in [0.5, 0.6) is 0 Å². The van der Waals surface area contributed by atoms with Crippen molar-refractivity contribution in [3.63, 3.8) is 0 Å². The van der Waals surface area contributed by atoms with Crippen molar-refractivity contribution in [3.05, 3.63) is 84.1 Å². The highest BCUT2D eigenvalue weighted by Gasteiger charge is 2.31. The molecule has 0 bridgehead atoms. The van der Waals surface area contributed by atoms with Crippen LogP contribution >= 0.6 is 0 Å². The molecule has 1 aromatic carbocycles. The van der Waals surface area contributed by atoms with E-state index in [0.717, 1.165) is 36.2 Å². The average Bonchev–Trinajstić information content (AvgIpc) is 3.52. The van der Waals surface area contributed by atoms with Crippen LogP contribution in [0, 0.1) is 23.0 Å². The topological polar surface area (TPSA) is 88.5 Å². The van der Waals surface area contributed by atoms with Crippen molar-refractivity contribution in [2.45, 2.75) is 38.5 Å². The number of fused-ring (bicyclic) bond motifs is 1. The van der Waals surface area contributed by atoms with E-state index in [0.29, 0.717) is 24.3 Å². The summed E-state index contributed by atoms with van der Waals surface area (Å²) in [5, 5.41) is 13.2. The fraction of sp³-hybridized carbons (Fsp3) is 0.292. The number of imidazole rings is 1. The Morgan fingerprint density at radius 1 is 1.18 bits per heavy atom. The molecule has 172 valence electrons. The highest BCUT2D eigenvalue weighted by molar-refractivity contribution is 5.58. The summed E-state index contributed by atoms with van der Waals surface area (Å²) in [5.41, 5.74) is 2.45. The number of aromatic nitrogens is 6. The molecule has 34 heavy (non-hydrogen) atoms. The van der Waals surface area contributed by atoms with Gasteiger partial charge in [0.25, 0.3) is 0 Å². The van der Waals surface area contributed by atoms with Gasteiger partial charge >= 0.3 is 0 Å². The lowest BCUT2D eigenvalue weighted by Crippen LogP contribution is -2.43. The molecular formula is C24H22F2N8. The predicted octanol–water partition coefficient (Wildman–Crippen LogP) is 3.37. The van der Waals surface area contributed by atoms with Crippen LogP contribution in [0.25, 0.3) is 11.3 Å². The molecule has 0 saturated heterocycles. The number of benzene rings is 1. The zero-order valence-corrected chi connectivity index (χ0v) is 18.5. The second-order valence-electron chi connectivity index (χ2n) is 8.38. The van der Waals surface area contributed by atoms with Crippen LogP contribution in [0.3, 0.4) is 0 Å². The maximum atomic E-state index is 14.8. The van der Waals surface area contributed by atoms with Crippen molar-refractivity contribution < 1.29 is 8.78 Å². The Hall–Kier alpha value is -3.97. The van der Waals surface area contributed by atoms with Crippen LogP contribution in [0.15, 0.2) is 55.4 Å². The summed E-state index contributed by atoms with van der Waals surface area (Å²) in [4.78, 5) is 15.2. The van der Waals surface area contributed by atoms with Crippen LogP contribution < -0.4 is 0 Å². The Balaban J connectivity index is 1.40. The van der Waals surface area contributed by atoms with Gasteiger partial charge in [-0.2, -0.15) is 10.4 Å². The minimum Gasteiger partial charge on any atom is -0.332 e. The minimum atomic E-state index is -0.599. The fourth-order valence-electron chi connectivity index (χ4n) is 4.47. The Kier molecular flexibility index (Phi) is 5.86. The third kappa shape index (κ3) is 4.30. The van der Waals surface area contributed by atoms with Gasteiger partial charge < -0.3 is 4.57 Å². The van der Waals surface area contributed by atoms with E-state index in [1.54, 1.807) is 23.3 Å². The molecule has 0 radical (unpaired) electrons. The lowest BCUT2D eigenvalue weighted by molar-refractivity contribution is 0.134. The Labute approximate surface area is 195 Å². The molecule has 3 aromatic heterocycles. The summed E-state index contributed by atoms with van der Waals surface area (Å²) >= 11 is 0. The number of hydrogen-bond donors (Lipinski definition) is 0. The van der Waals surface area contributed by atoms with Crippen LogP contribution in [0.4, 0.5) is 8.78 Å². The lowest BCUT2D eigenvalue weighted by atomic mass is 9.90. The lowest BCUT2D eigenvalue weighted by Gasteiger charge is -2.37. The first kappa shape index (κ1) is 21.9. The summed E-state index contributed by atoms with van der Waals surface area (Å²) in [6.07, 6.45) is 6.69. The normalized spacial score (nSPS) is 15.5. The number of halogens is 2. The molecule has 0 fully saturated rings. The number of pyridine rings is 1. The monoisotopic (exact) mass is 460 g/mol. The predicted molar refractivity (Wildman–Crippen MR) is 119 cm³/mol. The van der Waals surface area contributed by atoms with Crippen molar-refractivity contribution in [1.29, 1.82) is 5.26 Å². The highest BCUT2D eigenvalue weighted by atomic mass is 19.1. The molecule has 5 rings (SSSR count). The third-order valence-electron chi connectivity index (χ3n) is 6.38. The molecule has 4 heterocycles. The molecule has 2 atom stereocenters. The molecule has 1 aliphatic heterocycles. The van der Waals surface area contributed by atoms with Gasteiger partial charge in [0.1, 0.15) is 41.9 Å². The van der Waals surface area contributed by atoms with Gasteiger partial charge in [-0.1, -0.05) is 6.07 Å². The van der Waals surface area contributed by atoms with Crippen LogP contribution in [0.1, 0.15) is 29.9 Å². The van der Waals surface area contributed by atoms with E-state index in [-0.39, 0.29) is 12.0 Å². The number of rotatable bonds is 6. The van der Waals surface area contributed by atoms with E-state index in [1.165, 1.54) is 18.5 Å². The molecule has 10 heteroatoms. The smallest absolute Gasteiger partial charge is 0.140 e. The molecule has 0 amide bonds. The van der Waals surface area contributed by atoms with Crippen LogP contribution in [-0.4, -0.2) is 46.8 Å². The van der Waals surface area contributed by atoms with Crippen molar-refractivity contribution in [2.75, 3.05) is 6.54 Å². The zero-order valence-electron chi connectivity index (χ0n) is 18.5. The zero-order chi connectivity index (χ0) is 23.7. The van der Waals surface area contributed by atoms with Gasteiger partial charge in [-0.05, 0) is 30.7 Å². The van der Waals surface area contributed by atoms with E-state index in [2.05, 4.69) is 31.5 Å². The van der Waals surface area contributed by atoms with Crippen molar-refractivity contribution in [2.24, 2.45) is 0 Å². The molecule has 0 saturated carbocycles. The van der Waals surface area contributed by atoms with Gasteiger partial charge in [0.15, 0.2) is 0 Å². The van der Waals surface area contributed by atoms with E-state index in [9.17, 15) is 8.78 Å². The molecule has 1 aliphatic rings. The SMILES string of the molecule is CC(C(Cn1cncn1)c1ccc(F)cc1F)N1CCn2cc(-c3ccc(C#N)nc3)nc2C1. The van der Waals surface area contributed by atoms with Crippen molar-refractivity contribution in [3.8, 4) is 17.3 Å². The second kappa shape index (κ2) is 9.11. The molecule has 2 unspecified atom stereocenters. The summed E-state index contributed by atoms with van der Waals surface area (Å²) in [5.74, 6) is -0.535. The van der Waals surface area contributed by atoms with Crippen molar-refractivity contribution in [1.82, 2.24) is 34.2 Å². The molecule has 0 aliphatic carbocycles. The van der Waals surface area contributed by atoms with Crippen molar-refractivity contribution >= 4 is 0 Å². The number of nitriles is 1. The molecule has 0 spiro atoms. The summed E-state index contributed by atoms with van der Waals surface area (Å²) < 4.78 is 32.2. The quantitative estimate of drug-likeness (QED) is 0.438. The number of hydrogen-bond acceptors (Lipinski definition) is 6. The minimum absolute atomic E-state index is 0.0744. The third-order valence-corrected chi connectivity index (χ3v) is 6.38. The summed E-state index contributed by atoms with van der Waals surface area (Å²) in [6, 6.07) is 9.19. The number of nitrogens with zero attached hydrogens (tertiary/aromatic N) is 8. The van der Waals surface area contributed by atoms with Crippen LogP contribution in [0.2, 0.25) is 0 Å². The summed E-state index contributed by atoms with van der Waals surface area (Å²) in [6.45, 7) is 4.54. The van der Waals surface area contributed by atoms with Gasteiger partial charge in [0.05, 0.1) is 18.8 Å². The van der Waals surface area contributed by atoms with Gasteiger partial charge in [-0.3, -0.25) is 9.58 Å². The van der Waals surface area contributed by atoms with Gasteiger partial charge in [-0.25, -0.2) is 23.7 Å². The largest absolute Gasteiger partial charge is 0.332 e. The van der Waals surface area contributed by atoms with Gasteiger partial charge in [0, 0.05) is 49.1 Å². The van der Waals surface area contributed by atoms with E-state index >= 15 is 0 Å². The maximum absolute atomic E-state index is 14.8.